The van der Waals surface area contributed by atoms with Gasteiger partial charge in [0.25, 0.3) is 0 Å². The number of carbonyl (C=O) groups excluding carboxylic acids is 1. The van der Waals surface area contributed by atoms with Gasteiger partial charge in [-0.3, -0.25) is 0 Å². The SMILES string of the molecule is C[C@@H](NCCN(C(=O)OC(C)(C)C)C(C)(C)C)C1CCCC1. The van der Waals surface area contributed by atoms with E-state index in [1.807, 2.05) is 25.7 Å². The number of hydrogen-bond donors (Lipinski definition) is 1. The zero-order valence-electron chi connectivity index (χ0n) is 15.7. The van der Waals surface area contributed by atoms with E-state index in [0.29, 0.717) is 12.6 Å². The monoisotopic (exact) mass is 312 g/mol. The molecular weight excluding hydrogens is 276 g/mol. The second-order valence-electron chi connectivity index (χ2n) is 8.59. The molecule has 1 amide bonds. The van der Waals surface area contributed by atoms with E-state index in [1.54, 1.807) is 0 Å². The first-order chi connectivity index (χ1) is 10.0. The molecule has 1 atom stereocenters. The Bertz CT molecular complexity index is 349. The Hall–Kier alpha value is -0.770. The number of amides is 1. The molecule has 1 fully saturated rings. The molecule has 0 unspecified atom stereocenters. The van der Waals surface area contributed by atoms with Crippen LogP contribution in [0.3, 0.4) is 0 Å². The van der Waals surface area contributed by atoms with Crippen LogP contribution in [0.25, 0.3) is 0 Å². The predicted octanol–water partition coefficient (Wildman–Crippen LogP) is 4.19. The van der Waals surface area contributed by atoms with E-state index in [4.69, 9.17) is 4.74 Å². The third-order valence-corrected chi connectivity index (χ3v) is 4.33. The maximum Gasteiger partial charge on any atom is 0.410 e. The van der Waals surface area contributed by atoms with Crippen LogP contribution in [0.1, 0.15) is 74.1 Å². The average molecular weight is 312 g/mol. The second kappa shape index (κ2) is 7.67. The van der Waals surface area contributed by atoms with E-state index in [0.717, 1.165) is 12.5 Å². The fourth-order valence-electron chi connectivity index (χ4n) is 3.05. The molecule has 0 radical (unpaired) electrons. The summed E-state index contributed by atoms with van der Waals surface area (Å²) in [5.74, 6) is 0.796. The highest BCUT2D eigenvalue weighted by Gasteiger charge is 2.30. The summed E-state index contributed by atoms with van der Waals surface area (Å²) >= 11 is 0. The van der Waals surface area contributed by atoms with E-state index >= 15 is 0 Å². The Balaban J connectivity index is 2.50. The minimum Gasteiger partial charge on any atom is -0.444 e. The number of nitrogens with zero attached hydrogens (tertiary/aromatic N) is 1. The van der Waals surface area contributed by atoms with Crippen molar-refractivity contribution < 1.29 is 9.53 Å². The molecule has 0 heterocycles. The Labute approximate surface area is 137 Å². The van der Waals surface area contributed by atoms with Crippen LogP contribution in [0.2, 0.25) is 0 Å². The standard InChI is InChI=1S/C18H36N2O2/c1-14(15-10-8-9-11-15)19-12-13-20(17(2,3)4)16(21)22-18(5,6)7/h14-15,19H,8-13H2,1-7H3/t14-/m1/s1. The van der Waals surface area contributed by atoms with E-state index in [1.165, 1.54) is 25.7 Å². The molecule has 1 aliphatic carbocycles. The topological polar surface area (TPSA) is 41.6 Å². The molecular formula is C18H36N2O2. The van der Waals surface area contributed by atoms with Crippen LogP contribution in [0.5, 0.6) is 0 Å². The molecule has 0 aliphatic heterocycles. The fourth-order valence-corrected chi connectivity index (χ4v) is 3.05. The van der Waals surface area contributed by atoms with Crippen molar-refractivity contribution in [3.8, 4) is 0 Å². The van der Waals surface area contributed by atoms with Crippen LogP contribution in [0.15, 0.2) is 0 Å². The molecule has 1 N–H and O–H groups in total. The molecule has 0 aromatic heterocycles. The van der Waals surface area contributed by atoms with E-state index < -0.39 is 5.60 Å². The molecule has 4 heteroatoms. The van der Waals surface area contributed by atoms with Gasteiger partial charge in [-0.15, -0.1) is 0 Å². The molecule has 0 bridgehead atoms. The maximum absolute atomic E-state index is 12.4. The minimum absolute atomic E-state index is 0.227. The number of carbonyl (C=O) groups is 1. The smallest absolute Gasteiger partial charge is 0.410 e. The summed E-state index contributed by atoms with van der Waals surface area (Å²) in [5, 5.41) is 3.60. The molecule has 1 aliphatic rings. The summed E-state index contributed by atoms with van der Waals surface area (Å²) in [5.41, 5.74) is -0.689. The first kappa shape index (κ1) is 19.3. The number of ether oxygens (including phenoxy) is 1. The summed E-state index contributed by atoms with van der Waals surface area (Å²) in [6.07, 6.45) is 5.17. The van der Waals surface area contributed by atoms with Crippen LogP contribution >= 0.6 is 0 Å². The van der Waals surface area contributed by atoms with Gasteiger partial charge in [0, 0.05) is 24.7 Å². The number of nitrogens with one attached hydrogen (secondary N) is 1. The molecule has 1 rings (SSSR count). The summed E-state index contributed by atoms with van der Waals surface area (Å²) in [7, 11) is 0. The third-order valence-electron chi connectivity index (χ3n) is 4.33. The van der Waals surface area contributed by atoms with Crippen LogP contribution in [0.4, 0.5) is 4.79 Å². The molecule has 0 aromatic rings. The quantitative estimate of drug-likeness (QED) is 0.827. The van der Waals surface area contributed by atoms with Crippen LogP contribution < -0.4 is 5.32 Å². The van der Waals surface area contributed by atoms with Gasteiger partial charge in [-0.05, 0) is 67.2 Å². The van der Waals surface area contributed by atoms with Gasteiger partial charge in [-0.25, -0.2) is 4.79 Å². The van der Waals surface area contributed by atoms with E-state index in [2.05, 4.69) is 33.0 Å². The summed E-state index contributed by atoms with van der Waals surface area (Å²) in [6, 6.07) is 0.531. The molecule has 0 aromatic carbocycles. The maximum atomic E-state index is 12.4. The molecule has 4 nitrogen and oxygen atoms in total. The highest BCUT2D eigenvalue weighted by molar-refractivity contribution is 5.69. The first-order valence-electron chi connectivity index (χ1n) is 8.75. The van der Waals surface area contributed by atoms with Crippen molar-refractivity contribution in [2.45, 2.75) is 91.3 Å². The lowest BCUT2D eigenvalue weighted by Gasteiger charge is -2.37. The zero-order valence-corrected chi connectivity index (χ0v) is 15.7. The van der Waals surface area contributed by atoms with Crippen molar-refractivity contribution in [1.29, 1.82) is 0 Å². The van der Waals surface area contributed by atoms with Crippen molar-refractivity contribution in [3.63, 3.8) is 0 Å². The van der Waals surface area contributed by atoms with Crippen molar-refractivity contribution in [1.82, 2.24) is 10.2 Å². The number of rotatable bonds is 5. The fraction of sp³-hybridized carbons (Fsp3) is 0.944. The summed E-state index contributed by atoms with van der Waals surface area (Å²) < 4.78 is 5.54. The zero-order chi connectivity index (χ0) is 17.0. The Morgan fingerprint density at radius 3 is 2.18 bits per heavy atom. The highest BCUT2D eigenvalue weighted by atomic mass is 16.6. The van der Waals surface area contributed by atoms with Crippen molar-refractivity contribution >= 4 is 6.09 Å². The van der Waals surface area contributed by atoms with Gasteiger partial charge in [0.05, 0.1) is 0 Å². The largest absolute Gasteiger partial charge is 0.444 e. The lowest BCUT2D eigenvalue weighted by atomic mass is 10.00. The normalized spacial score (nSPS) is 18.3. The van der Waals surface area contributed by atoms with Gasteiger partial charge in [-0.2, -0.15) is 0 Å². The van der Waals surface area contributed by atoms with Gasteiger partial charge >= 0.3 is 6.09 Å². The highest BCUT2D eigenvalue weighted by Crippen LogP contribution is 2.27. The van der Waals surface area contributed by atoms with Crippen molar-refractivity contribution in [2.75, 3.05) is 13.1 Å². The molecule has 1 saturated carbocycles. The molecule has 22 heavy (non-hydrogen) atoms. The lowest BCUT2D eigenvalue weighted by molar-refractivity contribution is 0.00638. The summed E-state index contributed by atoms with van der Waals surface area (Å²) in [6.45, 7) is 15.6. The van der Waals surface area contributed by atoms with E-state index in [9.17, 15) is 4.79 Å². The van der Waals surface area contributed by atoms with Gasteiger partial charge in [-0.1, -0.05) is 12.8 Å². The molecule has 0 saturated heterocycles. The Morgan fingerprint density at radius 1 is 1.18 bits per heavy atom. The molecule has 0 spiro atoms. The van der Waals surface area contributed by atoms with Crippen LogP contribution in [0, 0.1) is 5.92 Å². The molecule has 130 valence electrons. The van der Waals surface area contributed by atoms with Gasteiger partial charge in [0.15, 0.2) is 0 Å². The minimum atomic E-state index is -0.453. The predicted molar refractivity (Wildman–Crippen MR) is 92.1 cm³/mol. The second-order valence-corrected chi connectivity index (χ2v) is 8.59. The lowest BCUT2D eigenvalue weighted by Crippen LogP contribution is -2.51. The third kappa shape index (κ3) is 6.55. The summed E-state index contributed by atoms with van der Waals surface area (Å²) in [4.78, 5) is 14.2. The average Bonchev–Trinajstić information content (AvgIpc) is 2.83. The van der Waals surface area contributed by atoms with Crippen LogP contribution in [-0.2, 0) is 4.74 Å². The van der Waals surface area contributed by atoms with Crippen LogP contribution in [-0.4, -0.2) is 41.3 Å². The Morgan fingerprint density at radius 2 is 1.73 bits per heavy atom. The Kier molecular flexibility index (Phi) is 6.72. The first-order valence-corrected chi connectivity index (χ1v) is 8.75. The van der Waals surface area contributed by atoms with Gasteiger partial charge < -0.3 is 15.0 Å². The van der Waals surface area contributed by atoms with Gasteiger partial charge in [0.2, 0.25) is 0 Å². The van der Waals surface area contributed by atoms with Crippen molar-refractivity contribution in [2.24, 2.45) is 5.92 Å². The number of hydrogen-bond acceptors (Lipinski definition) is 3. The van der Waals surface area contributed by atoms with Crippen molar-refractivity contribution in [3.05, 3.63) is 0 Å². The van der Waals surface area contributed by atoms with E-state index in [-0.39, 0.29) is 11.6 Å². The van der Waals surface area contributed by atoms with Gasteiger partial charge in [0.1, 0.15) is 5.60 Å².